The van der Waals surface area contributed by atoms with Crippen molar-refractivity contribution < 1.29 is 9.53 Å². The van der Waals surface area contributed by atoms with Gasteiger partial charge in [0, 0.05) is 30.1 Å². The van der Waals surface area contributed by atoms with Crippen molar-refractivity contribution in [1.82, 2.24) is 24.5 Å². The minimum atomic E-state index is -0.118. The molecule has 0 saturated carbocycles. The van der Waals surface area contributed by atoms with Crippen LogP contribution in [0, 0.1) is 18.8 Å². The lowest BCUT2D eigenvalue weighted by atomic mass is 9.98. The van der Waals surface area contributed by atoms with Crippen LogP contribution in [0.2, 0.25) is 0 Å². The number of rotatable bonds is 3. The second kappa shape index (κ2) is 8.73. The Morgan fingerprint density at radius 1 is 1.21 bits per heavy atom. The molecule has 33 heavy (non-hydrogen) atoms. The molecule has 4 aromatic rings. The predicted octanol–water partition coefficient (Wildman–Crippen LogP) is 2.61. The van der Waals surface area contributed by atoms with Crippen LogP contribution in [0.5, 0.6) is 0 Å². The van der Waals surface area contributed by atoms with Gasteiger partial charge in [0.2, 0.25) is 6.41 Å². The maximum Gasteiger partial charge on any atom is 0.209 e. The van der Waals surface area contributed by atoms with Crippen LogP contribution in [0.4, 0.5) is 5.82 Å². The number of amides is 1. The zero-order valence-corrected chi connectivity index (χ0v) is 18.1. The van der Waals surface area contributed by atoms with E-state index in [0.717, 1.165) is 39.9 Å². The van der Waals surface area contributed by atoms with Gasteiger partial charge in [0.05, 0.1) is 30.6 Å². The first-order chi connectivity index (χ1) is 16.1. The Morgan fingerprint density at radius 2 is 2.12 bits per heavy atom. The van der Waals surface area contributed by atoms with Gasteiger partial charge in [-0.1, -0.05) is 24.0 Å². The van der Waals surface area contributed by atoms with E-state index in [2.05, 4.69) is 41.0 Å². The summed E-state index contributed by atoms with van der Waals surface area (Å²) in [5.74, 6) is 6.66. The van der Waals surface area contributed by atoms with Crippen LogP contribution in [-0.4, -0.2) is 50.6 Å². The van der Waals surface area contributed by atoms with Crippen molar-refractivity contribution in [3.05, 3.63) is 77.2 Å². The summed E-state index contributed by atoms with van der Waals surface area (Å²) in [6.45, 7) is 3.79. The molecule has 0 spiro atoms. The van der Waals surface area contributed by atoms with Gasteiger partial charge < -0.3 is 15.4 Å². The highest BCUT2D eigenvalue weighted by Crippen LogP contribution is 2.28. The van der Waals surface area contributed by atoms with Crippen molar-refractivity contribution in [2.75, 3.05) is 25.4 Å². The van der Waals surface area contributed by atoms with Crippen LogP contribution in [0.3, 0.4) is 0 Å². The van der Waals surface area contributed by atoms with Crippen molar-refractivity contribution >= 4 is 17.9 Å². The maximum atomic E-state index is 11.2. The number of aryl methyl sites for hydroxylation is 1. The average Bonchev–Trinajstić information content (AvgIpc) is 3.25. The van der Waals surface area contributed by atoms with Gasteiger partial charge in [0.1, 0.15) is 11.9 Å². The molecule has 8 heteroatoms. The Balaban J connectivity index is 1.45. The number of aromatic nitrogens is 4. The number of ether oxygens (including phenoxy) is 1. The third kappa shape index (κ3) is 4.27. The molecule has 0 radical (unpaired) electrons. The molecule has 5 rings (SSSR count). The molecule has 4 heterocycles. The van der Waals surface area contributed by atoms with Gasteiger partial charge >= 0.3 is 0 Å². The van der Waals surface area contributed by atoms with Crippen molar-refractivity contribution in [1.29, 1.82) is 0 Å². The second-order valence-electron chi connectivity index (χ2n) is 7.89. The van der Waals surface area contributed by atoms with Crippen LogP contribution in [0.25, 0.3) is 16.9 Å². The number of nitrogens with zero attached hydrogens (tertiary/aromatic N) is 5. The van der Waals surface area contributed by atoms with E-state index in [4.69, 9.17) is 15.5 Å². The third-order valence-electron chi connectivity index (χ3n) is 5.65. The largest absolute Gasteiger partial charge is 0.384 e. The third-order valence-corrected chi connectivity index (χ3v) is 5.65. The van der Waals surface area contributed by atoms with Crippen LogP contribution < -0.4 is 5.73 Å². The molecule has 1 atom stereocenters. The van der Waals surface area contributed by atoms with Crippen molar-refractivity contribution in [3.63, 3.8) is 0 Å². The molecule has 1 amide bonds. The fraction of sp³-hybridized carbons (Fsp3) is 0.200. The van der Waals surface area contributed by atoms with Gasteiger partial charge in [0.25, 0.3) is 0 Å². The number of fused-ring (bicyclic) bond motifs is 1. The van der Waals surface area contributed by atoms with Gasteiger partial charge in [-0.25, -0.2) is 14.5 Å². The quantitative estimate of drug-likeness (QED) is 0.390. The molecule has 1 fully saturated rings. The topological polar surface area (TPSA) is 98.6 Å². The van der Waals surface area contributed by atoms with E-state index < -0.39 is 0 Å². The molecule has 2 N–H and O–H groups in total. The number of nitrogen functional groups attached to an aromatic ring is 1. The molecule has 1 saturated heterocycles. The number of hydrogen-bond donors (Lipinski definition) is 1. The molecular formula is C25H22N6O2. The maximum absolute atomic E-state index is 11.2. The summed E-state index contributed by atoms with van der Waals surface area (Å²) in [6.07, 6.45) is 5.98. The molecule has 1 aromatic carbocycles. The Labute approximate surface area is 191 Å². The summed E-state index contributed by atoms with van der Waals surface area (Å²) in [6, 6.07) is 11.7. The molecule has 1 aliphatic rings. The van der Waals surface area contributed by atoms with E-state index in [0.29, 0.717) is 31.2 Å². The highest BCUT2D eigenvalue weighted by atomic mass is 16.5. The predicted molar refractivity (Wildman–Crippen MR) is 124 cm³/mol. The van der Waals surface area contributed by atoms with Crippen LogP contribution in [-0.2, 0) is 9.53 Å². The number of carbonyl (C=O) groups is 1. The first-order valence-electron chi connectivity index (χ1n) is 10.6. The highest BCUT2D eigenvalue weighted by Gasteiger charge is 2.22. The van der Waals surface area contributed by atoms with E-state index in [9.17, 15) is 4.79 Å². The molecule has 8 nitrogen and oxygen atoms in total. The fourth-order valence-corrected chi connectivity index (χ4v) is 3.93. The smallest absolute Gasteiger partial charge is 0.209 e. The van der Waals surface area contributed by atoms with E-state index in [1.165, 1.54) is 0 Å². The summed E-state index contributed by atoms with van der Waals surface area (Å²) < 4.78 is 7.61. The molecule has 0 aliphatic carbocycles. The SMILES string of the molecule is Cc1cc(-c2ccn3ncc(C#Cc4ccnc(N)c4)c3n2)ccc1C1CN(C=O)CCO1. The minimum Gasteiger partial charge on any atom is -0.384 e. The summed E-state index contributed by atoms with van der Waals surface area (Å²) >= 11 is 0. The first-order valence-corrected chi connectivity index (χ1v) is 10.6. The zero-order valence-electron chi connectivity index (χ0n) is 18.1. The average molecular weight is 438 g/mol. The minimum absolute atomic E-state index is 0.118. The lowest BCUT2D eigenvalue weighted by Crippen LogP contribution is -2.37. The highest BCUT2D eigenvalue weighted by molar-refractivity contribution is 5.66. The fourth-order valence-electron chi connectivity index (χ4n) is 3.93. The Bertz CT molecular complexity index is 1400. The van der Waals surface area contributed by atoms with E-state index in [1.54, 1.807) is 27.9 Å². The van der Waals surface area contributed by atoms with Crippen LogP contribution in [0.15, 0.2) is 55.0 Å². The standard InChI is InChI=1S/C25H22N6O2/c1-17-12-19(4-5-21(17)23-15-30(16-32)10-11-33-23)22-7-9-31-25(29-22)20(14-28-31)3-2-18-6-8-27-24(26)13-18/h4-9,12-14,16,23H,10-11,15H2,1H3,(H2,26,27). The number of benzene rings is 1. The first kappa shape index (κ1) is 20.7. The number of anilines is 1. The van der Waals surface area contributed by atoms with E-state index >= 15 is 0 Å². The normalized spacial score (nSPS) is 15.8. The van der Waals surface area contributed by atoms with Crippen LogP contribution >= 0.6 is 0 Å². The molecular weight excluding hydrogens is 416 g/mol. The van der Waals surface area contributed by atoms with E-state index in [1.807, 2.05) is 24.4 Å². The van der Waals surface area contributed by atoms with E-state index in [-0.39, 0.29) is 6.10 Å². The number of hydrogen-bond acceptors (Lipinski definition) is 6. The van der Waals surface area contributed by atoms with Gasteiger partial charge in [0.15, 0.2) is 5.65 Å². The Morgan fingerprint density at radius 3 is 2.94 bits per heavy atom. The number of morpholine rings is 1. The summed E-state index contributed by atoms with van der Waals surface area (Å²) in [5, 5.41) is 4.36. The van der Waals surface area contributed by atoms with Gasteiger partial charge in [-0.05, 0) is 42.3 Å². The van der Waals surface area contributed by atoms with Gasteiger partial charge in [-0.15, -0.1) is 0 Å². The zero-order chi connectivity index (χ0) is 22.8. The number of nitrogens with two attached hydrogens (primary N) is 1. The monoisotopic (exact) mass is 438 g/mol. The van der Waals surface area contributed by atoms with Crippen LogP contribution in [0.1, 0.15) is 28.4 Å². The number of pyridine rings is 1. The van der Waals surface area contributed by atoms with Gasteiger partial charge in [-0.2, -0.15) is 5.10 Å². The van der Waals surface area contributed by atoms with Crippen molar-refractivity contribution in [2.24, 2.45) is 0 Å². The summed E-state index contributed by atoms with van der Waals surface area (Å²) in [7, 11) is 0. The lowest BCUT2D eigenvalue weighted by Gasteiger charge is -2.31. The Kier molecular flexibility index (Phi) is 5.47. The molecule has 0 bridgehead atoms. The summed E-state index contributed by atoms with van der Waals surface area (Å²) in [5.41, 5.74) is 11.9. The molecule has 164 valence electrons. The molecule has 3 aromatic heterocycles. The van der Waals surface area contributed by atoms with Crippen molar-refractivity contribution in [2.45, 2.75) is 13.0 Å². The molecule has 1 aliphatic heterocycles. The van der Waals surface area contributed by atoms with Crippen molar-refractivity contribution in [3.8, 4) is 23.1 Å². The van der Waals surface area contributed by atoms with Gasteiger partial charge in [-0.3, -0.25) is 4.79 Å². The molecule has 1 unspecified atom stereocenters. The summed E-state index contributed by atoms with van der Waals surface area (Å²) in [4.78, 5) is 21.7. The Hall–Kier alpha value is -4.22. The lowest BCUT2D eigenvalue weighted by molar-refractivity contribution is -0.125. The second-order valence-corrected chi connectivity index (χ2v) is 7.89. The number of carbonyl (C=O) groups excluding carboxylic acids is 1.